The molecule has 0 atom stereocenters. The second-order valence-electron chi connectivity index (χ2n) is 7.54. The van der Waals surface area contributed by atoms with Gasteiger partial charge in [0, 0.05) is 22.4 Å². The van der Waals surface area contributed by atoms with E-state index in [1.54, 1.807) is 24.3 Å². The molecule has 0 aromatic heterocycles. The van der Waals surface area contributed by atoms with Crippen LogP contribution in [0.1, 0.15) is 47.1 Å². The molecule has 29 heavy (non-hydrogen) atoms. The molecule has 0 unspecified atom stereocenters. The van der Waals surface area contributed by atoms with Crippen LogP contribution in [0.15, 0.2) is 48.5 Å². The van der Waals surface area contributed by atoms with Crippen LogP contribution >= 0.6 is 0 Å². The van der Waals surface area contributed by atoms with Crippen LogP contribution in [0.5, 0.6) is 0 Å². The van der Waals surface area contributed by atoms with Crippen molar-refractivity contribution in [1.29, 1.82) is 0 Å². The highest BCUT2D eigenvalue weighted by molar-refractivity contribution is 6.04. The molecule has 2 rings (SSSR count). The number of ether oxygens (including phenoxy) is 1. The first-order valence-electron chi connectivity index (χ1n) is 8.90. The summed E-state index contributed by atoms with van der Waals surface area (Å²) in [5, 5.41) is 5.56. The summed E-state index contributed by atoms with van der Waals surface area (Å²) in [4.78, 5) is 24.4. The van der Waals surface area contributed by atoms with E-state index < -0.39 is 12.8 Å². The third-order valence-corrected chi connectivity index (χ3v) is 3.64. The van der Waals surface area contributed by atoms with Gasteiger partial charge in [0.15, 0.2) is 0 Å². The van der Waals surface area contributed by atoms with Crippen molar-refractivity contribution < 1.29 is 27.5 Å². The summed E-state index contributed by atoms with van der Waals surface area (Å²) in [5.41, 5.74) is 1.51. The quantitative estimate of drug-likeness (QED) is 0.737. The molecule has 0 spiro atoms. The van der Waals surface area contributed by atoms with E-state index in [-0.39, 0.29) is 24.0 Å². The van der Waals surface area contributed by atoms with E-state index in [2.05, 4.69) is 15.4 Å². The Kier molecular flexibility index (Phi) is 7.02. The predicted molar refractivity (Wildman–Crippen MR) is 104 cm³/mol. The van der Waals surface area contributed by atoms with Crippen molar-refractivity contribution in [1.82, 2.24) is 5.32 Å². The van der Waals surface area contributed by atoms with E-state index in [1.807, 2.05) is 20.8 Å². The Morgan fingerprint density at radius 2 is 1.38 bits per heavy atom. The number of rotatable bonds is 6. The third kappa shape index (κ3) is 7.95. The summed E-state index contributed by atoms with van der Waals surface area (Å²) in [6.07, 6.45) is -4.37. The minimum absolute atomic E-state index is 0.195. The molecule has 2 aromatic carbocycles. The Labute approximate surface area is 167 Å². The van der Waals surface area contributed by atoms with Crippen molar-refractivity contribution in [2.24, 2.45) is 0 Å². The molecule has 0 heterocycles. The van der Waals surface area contributed by atoms with Gasteiger partial charge in [0.2, 0.25) is 0 Å². The van der Waals surface area contributed by atoms with Crippen LogP contribution in [0.25, 0.3) is 0 Å². The van der Waals surface area contributed by atoms with Gasteiger partial charge in [0.1, 0.15) is 6.61 Å². The highest BCUT2D eigenvalue weighted by atomic mass is 19.4. The molecule has 0 fully saturated rings. The van der Waals surface area contributed by atoms with Crippen LogP contribution in [0, 0.1) is 0 Å². The highest BCUT2D eigenvalue weighted by Crippen LogP contribution is 2.16. The van der Waals surface area contributed by atoms with E-state index >= 15 is 0 Å². The van der Waals surface area contributed by atoms with Crippen molar-refractivity contribution in [3.63, 3.8) is 0 Å². The molecule has 2 amide bonds. The smallest absolute Gasteiger partial charge is 0.367 e. The molecule has 0 radical (unpaired) electrons. The number of anilines is 1. The molecule has 8 heteroatoms. The van der Waals surface area contributed by atoms with Crippen molar-refractivity contribution in [2.45, 2.75) is 39.1 Å². The number of carbonyl (C=O) groups excluding carboxylic acids is 2. The van der Waals surface area contributed by atoms with Gasteiger partial charge in [-0.25, -0.2) is 0 Å². The molecule has 0 saturated heterocycles. The lowest BCUT2D eigenvalue weighted by Crippen LogP contribution is -2.40. The number of alkyl halides is 3. The van der Waals surface area contributed by atoms with Crippen molar-refractivity contribution in [2.75, 3.05) is 11.9 Å². The normalized spacial score (nSPS) is 11.8. The molecule has 0 bridgehead atoms. The lowest BCUT2D eigenvalue weighted by molar-refractivity contribution is -0.176. The molecule has 0 aliphatic rings. The van der Waals surface area contributed by atoms with Crippen LogP contribution in [-0.2, 0) is 11.3 Å². The number of carbonyl (C=O) groups is 2. The minimum atomic E-state index is -4.37. The summed E-state index contributed by atoms with van der Waals surface area (Å²) < 4.78 is 40.8. The molecule has 0 saturated carbocycles. The van der Waals surface area contributed by atoms with Gasteiger partial charge in [-0.2, -0.15) is 13.2 Å². The zero-order valence-electron chi connectivity index (χ0n) is 16.4. The van der Waals surface area contributed by atoms with Gasteiger partial charge in [-0.15, -0.1) is 0 Å². The average molecular weight is 408 g/mol. The lowest BCUT2D eigenvalue weighted by atomic mass is 10.1. The van der Waals surface area contributed by atoms with Crippen molar-refractivity contribution in [3.8, 4) is 0 Å². The Bertz CT molecular complexity index is 839. The van der Waals surface area contributed by atoms with Crippen molar-refractivity contribution >= 4 is 17.5 Å². The molecule has 5 nitrogen and oxygen atoms in total. The summed E-state index contributed by atoms with van der Waals surface area (Å²) in [6.45, 7) is 4.13. The van der Waals surface area contributed by atoms with Gasteiger partial charge in [-0.1, -0.05) is 12.1 Å². The minimum Gasteiger partial charge on any atom is -0.367 e. The molecule has 0 aliphatic carbocycles. The average Bonchev–Trinajstić information content (AvgIpc) is 2.60. The first kappa shape index (κ1) is 22.4. The van der Waals surface area contributed by atoms with Crippen LogP contribution in [0.3, 0.4) is 0 Å². The summed E-state index contributed by atoms with van der Waals surface area (Å²) >= 11 is 0. The molecule has 2 aromatic rings. The number of amides is 2. The zero-order chi connectivity index (χ0) is 21.7. The summed E-state index contributed by atoms with van der Waals surface area (Å²) in [7, 11) is 0. The van der Waals surface area contributed by atoms with Crippen LogP contribution in [-0.4, -0.2) is 30.1 Å². The van der Waals surface area contributed by atoms with E-state index in [0.29, 0.717) is 22.4 Å². The molecule has 0 aliphatic heterocycles. The van der Waals surface area contributed by atoms with E-state index in [9.17, 15) is 22.8 Å². The van der Waals surface area contributed by atoms with E-state index in [0.717, 1.165) is 0 Å². The van der Waals surface area contributed by atoms with Crippen LogP contribution in [0.4, 0.5) is 18.9 Å². The highest BCUT2D eigenvalue weighted by Gasteiger charge is 2.27. The first-order valence-corrected chi connectivity index (χ1v) is 8.90. The van der Waals surface area contributed by atoms with Gasteiger partial charge in [0.25, 0.3) is 11.8 Å². The molecule has 156 valence electrons. The summed E-state index contributed by atoms with van der Waals surface area (Å²) in [6, 6.07) is 12.5. The number of benzene rings is 2. The summed E-state index contributed by atoms with van der Waals surface area (Å²) in [5.74, 6) is -0.585. The van der Waals surface area contributed by atoms with Gasteiger partial charge in [-0.05, 0) is 62.7 Å². The topological polar surface area (TPSA) is 67.4 Å². The Morgan fingerprint density at radius 3 is 1.90 bits per heavy atom. The maximum Gasteiger partial charge on any atom is 0.411 e. The van der Waals surface area contributed by atoms with Crippen LogP contribution < -0.4 is 10.6 Å². The SMILES string of the molecule is CC(C)(C)NC(=O)c1ccc(NC(=O)c2ccc(COCC(F)(F)F)cc2)cc1. The lowest BCUT2D eigenvalue weighted by Gasteiger charge is -2.20. The second kappa shape index (κ2) is 9.09. The number of hydrogen-bond acceptors (Lipinski definition) is 3. The zero-order valence-corrected chi connectivity index (χ0v) is 16.4. The van der Waals surface area contributed by atoms with Gasteiger partial charge >= 0.3 is 6.18 Å². The maximum atomic E-state index is 12.3. The number of hydrogen-bond donors (Lipinski definition) is 2. The fourth-order valence-electron chi connectivity index (χ4n) is 2.36. The Hall–Kier alpha value is -2.87. The van der Waals surface area contributed by atoms with E-state index in [1.165, 1.54) is 24.3 Å². The Morgan fingerprint density at radius 1 is 0.862 bits per heavy atom. The van der Waals surface area contributed by atoms with Crippen LogP contribution in [0.2, 0.25) is 0 Å². The fourth-order valence-corrected chi connectivity index (χ4v) is 2.36. The van der Waals surface area contributed by atoms with Gasteiger partial charge < -0.3 is 15.4 Å². The predicted octanol–water partition coefficient (Wildman–Crippen LogP) is 4.55. The Balaban J connectivity index is 1.92. The third-order valence-electron chi connectivity index (χ3n) is 3.64. The maximum absolute atomic E-state index is 12.3. The largest absolute Gasteiger partial charge is 0.411 e. The second-order valence-corrected chi connectivity index (χ2v) is 7.54. The first-order chi connectivity index (χ1) is 13.4. The van der Waals surface area contributed by atoms with Gasteiger partial charge in [0.05, 0.1) is 6.61 Å². The van der Waals surface area contributed by atoms with Gasteiger partial charge in [-0.3, -0.25) is 9.59 Å². The standard InChI is InChI=1S/C21H23F3N2O3/c1-20(2,3)26-19(28)16-8-10-17(11-9-16)25-18(27)15-6-4-14(5-7-15)12-29-13-21(22,23)24/h4-11H,12-13H2,1-3H3,(H,25,27)(H,26,28). The molecule has 2 N–H and O–H groups in total. The monoisotopic (exact) mass is 408 g/mol. The fraction of sp³-hybridized carbons (Fsp3) is 0.333. The van der Waals surface area contributed by atoms with Crippen molar-refractivity contribution in [3.05, 3.63) is 65.2 Å². The number of nitrogens with one attached hydrogen (secondary N) is 2. The number of halogens is 3. The van der Waals surface area contributed by atoms with E-state index in [4.69, 9.17) is 0 Å². The molecular formula is C21H23F3N2O3. The molecular weight excluding hydrogens is 385 g/mol.